The molecule has 2 aromatic heterocycles. The van der Waals surface area contributed by atoms with Crippen LogP contribution in [0, 0.1) is 11.3 Å². The molecule has 0 aliphatic rings. The number of pyridine rings is 2. The summed E-state index contributed by atoms with van der Waals surface area (Å²) >= 11 is 6.10. The minimum absolute atomic E-state index is 0.0624. The van der Waals surface area contributed by atoms with E-state index in [1.165, 1.54) is 13.1 Å². The van der Waals surface area contributed by atoms with E-state index >= 15 is 0 Å². The molecule has 0 spiro atoms. The molecular formula is C20H19ClN6O2. The van der Waals surface area contributed by atoms with Crippen LogP contribution in [-0.4, -0.2) is 29.1 Å². The Morgan fingerprint density at radius 1 is 1.28 bits per heavy atom. The summed E-state index contributed by atoms with van der Waals surface area (Å²) in [5, 5.41) is 19.0. The molecule has 9 heteroatoms. The first-order valence-corrected chi connectivity index (χ1v) is 9.24. The number of nitrogens with zero attached hydrogens (tertiary/aromatic N) is 3. The van der Waals surface area contributed by atoms with Crippen molar-refractivity contribution >= 4 is 45.5 Å². The molecular weight excluding hydrogens is 392 g/mol. The van der Waals surface area contributed by atoms with Crippen molar-refractivity contribution in [3.05, 3.63) is 57.1 Å². The molecule has 0 radical (unpaired) electrons. The fraction of sp³-hybridized carbons (Fsp3) is 0.200. The van der Waals surface area contributed by atoms with Gasteiger partial charge in [-0.1, -0.05) is 11.6 Å². The van der Waals surface area contributed by atoms with Crippen LogP contribution in [0.5, 0.6) is 0 Å². The summed E-state index contributed by atoms with van der Waals surface area (Å²) in [5.41, 5.74) is 2.61. The molecule has 8 nitrogen and oxygen atoms in total. The van der Waals surface area contributed by atoms with E-state index in [9.17, 15) is 14.9 Å². The summed E-state index contributed by atoms with van der Waals surface area (Å²) in [6.07, 6.45) is 0. The van der Waals surface area contributed by atoms with E-state index in [2.05, 4.69) is 20.9 Å². The van der Waals surface area contributed by atoms with Crippen LogP contribution >= 0.6 is 11.6 Å². The fourth-order valence-electron chi connectivity index (χ4n) is 2.99. The minimum Gasteiger partial charge on any atom is -0.385 e. The van der Waals surface area contributed by atoms with Gasteiger partial charge in [0.2, 0.25) is 0 Å². The van der Waals surface area contributed by atoms with Crippen LogP contribution in [0.3, 0.4) is 0 Å². The number of halogens is 1. The monoisotopic (exact) mass is 410 g/mol. The van der Waals surface area contributed by atoms with Crippen molar-refractivity contribution < 1.29 is 4.79 Å². The van der Waals surface area contributed by atoms with Crippen molar-refractivity contribution in [3.8, 4) is 6.07 Å². The Morgan fingerprint density at radius 3 is 2.69 bits per heavy atom. The van der Waals surface area contributed by atoms with Crippen LogP contribution in [0.15, 0.2) is 35.1 Å². The highest BCUT2D eigenvalue weighted by molar-refractivity contribution is 6.31. The molecule has 0 fully saturated rings. The van der Waals surface area contributed by atoms with Gasteiger partial charge in [0, 0.05) is 43.5 Å². The molecule has 0 aliphatic carbocycles. The summed E-state index contributed by atoms with van der Waals surface area (Å²) < 4.78 is 1.56. The van der Waals surface area contributed by atoms with Crippen LogP contribution < -0.4 is 21.5 Å². The molecule has 1 amide bonds. The molecule has 1 aromatic carbocycles. The third-order valence-corrected chi connectivity index (χ3v) is 4.71. The number of carbonyl (C=O) groups is 1. The quantitative estimate of drug-likeness (QED) is 0.557. The average Bonchev–Trinajstić information content (AvgIpc) is 2.71. The molecule has 29 heavy (non-hydrogen) atoms. The highest BCUT2D eigenvalue weighted by Crippen LogP contribution is 2.30. The molecule has 3 aromatic rings. The fourth-order valence-corrected chi connectivity index (χ4v) is 3.23. The number of hydrogen-bond acceptors (Lipinski definition) is 6. The number of benzene rings is 1. The van der Waals surface area contributed by atoms with Crippen molar-refractivity contribution in [2.75, 3.05) is 24.2 Å². The lowest BCUT2D eigenvalue weighted by Gasteiger charge is -2.15. The highest BCUT2D eigenvalue weighted by atomic mass is 35.5. The standard InChI is InChI=1S/C20H19ClN6O2/c1-4-24-14-9-18(28)27(3)17-6-5-11(7-12(14)17)25-15-8-16(20(29)23-2)26-19(21)13(15)10-22/h5-9,24H,4H2,1-3H3,(H,23,29)(H,25,26). The van der Waals surface area contributed by atoms with Crippen molar-refractivity contribution in [2.45, 2.75) is 6.92 Å². The van der Waals surface area contributed by atoms with Gasteiger partial charge in [0.15, 0.2) is 0 Å². The number of nitrogens with one attached hydrogen (secondary N) is 3. The molecule has 0 aliphatic heterocycles. The zero-order valence-corrected chi connectivity index (χ0v) is 16.9. The molecule has 0 unspecified atom stereocenters. The molecule has 3 rings (SSSR count). The Bertz CT molecular complexity index is 1210. The summed E-state index contributed by atoms with van der Waals surface area (Å²) in [5.74, 6) is -0.414. The van der Waals surface area contributed by atoms with E-state index in [1.54, 1.807) is 23.7 Å². The molecule has 148 valence electrons. The normalized spacial score (nSPS) is 10.4. The molecule has 0 saturated heterocycles. The van der Waals surface area contributed by atoms with Crippen molar-refractivity contribution in [1.82, 2.24) is 14.9 Å². The lowest BCUT2D eigenvalue weighted by Crippen LogP contribution is -2.19. The first-order valence-electron chi connectivity index (χ1n) is 8.87. The number of aryl methyl sites for hydroxylation is 1. The van der Waals surface area contributed by atoms with Gasteiger partial charge in [-0.3, -0.25) is 9.59 Å². The number of amides is 1. The van der Waals surface area contributed by atoms with Gasteiger partial charge in [0.1, 0.15) is 22.5 Å². The smallest absolute Gasteiger partial charge is 0.269 e. The zero-order chi connectivity index (χ0) is 21.1. The van der Waals surface area contributed by atoms with E-state index in [4.69, 9.17) is 11.6 Å². The lowest BCUT2D eigenvalue weighted by atomic mass is 10.1. The maximum atomic E-state index is 12.2. The van der Waals surface area contributed by atoms with Crippen molar-refractivity contribution in [3.63, 3.8) is 0 Å². The summed E-state index contributed by atoms with van der Waals surface area (Å²) in [6, 6.07) is 10.5. The Hall–Kier alpha value is -3.57. The topological polar surface area (TPSA) is 112 Å². The van der Waals surface area contributed by atoms with Crippen LogP contribution in [0.2, 0.25) is 5.15 Å². The van der Waals surface area contributed by atoms with Crippen molar-refractivity contribution in [2.24, 2.45) is 7.05 Å². The van der Waals surface area contributed by atoms with E-state index in [0.717, 1.165) is 10.9 Å². The van der Waals surface area contributed by atoms with Crippen LogP contribution in [-0.2, 0) is 7.05 Å². The number of fused-ring (bicyclic) bond motifs is 1. The SMILES string of the molecule is CCNc1cc(=O)n(C)c2ccc(Nc3cc(C(=O)NC)nc(Cl)c3C#N)cc12. The number of rotatable bonds is 5. The number of hydrogen-bond donors (Lipinski definition) is 3. The molecule has 0 atom stereocenters. The van der Waals surface area contributed by atoms with Gasteiger partial charge >= 0.3 is 0 Å². The predicted molar refractivity (Wildman–Crippen MR) is 114 cm³/mol. The van der Waals surface area contributed by atoms with Gasteiger partial charge in [-0.05, 0) is 31.2 Å². The zero-order valence-electron chi connectivity index (χ0n) is 16.1. The third-order valence-electron chi connectivity index (χ3n) is 4.44. The summed E-state index contributed by atoms with van der Waals surface area (Å²) in [6.45, 7) is 2.61. The van der Waals surface area contributed by atoms with E-state index in [1.807, 2.05) is 25.1 Å². The van der Waals surface area contributed by atoms with E-state index in [-0.39, 0.29) is 22.0 Å². The number of nitriles is 1. The average molecular weight is 411 g/mol. The maximum absolute atomic E-state index is 12.2. The Balaban J connectivity index is 2.13. The predicted octanol–water partition coefficient (Wildman–Crippen LogP) is 2.99. The van der Waals surface area contributed by atoms with Gasteiger partial charge < -0.3 is 20.5 Å². The maximum Gasteiger partial charge on any atom is 0.269 e. The largest absolute Gasteiger partial charge is 0.385 e. The summed E-state index contributed by atoms with van der Waals surface area (Å²) in [7, 11) is 3.19. The molecule has 2 heterocycles. The number of anilines is 3. The Labute approximate surface area is 172 Å². The van der Waals surface area contributed by atoms with E-state index in [0.29, 0.717) is 23.6 Å². The van der Waals surface area contributed by atoms with Crippen LogP contribution in [0.1, 0.15) is 23.0 Å². The van der Waals surface area contributed by atoms with Crippen LogP contribution in [0.25, 0.3) is 10.9 Å². The minimum atomic E-state index is -0.414. The number of carbonyl (C=O) groups excluding carboxylic acids is 1. The van der Waals surface area contributed by atoms with Gasteiger partial charge in [-0.15, -0.1) is 0 Å². The molecule has 0 bridgehead atoms. The Morgan fingerprint density at radius 2 is 2.03 bits per heavy atom. The second kappa shape index (κ2) is 8.20. The first-order chi connectivity index (χ1) is 13.9. The lowest BCUT2D eigenvalue weighted by molar-refractivity contribution is 0.0958. The van der Waals surface area contributed by atoms with Gasteiger partial charge in [0.25, 0.3) is 11.5 Å². The van der Waals surface area contributed by atoms with Gasteiger partial charge in [0.05, 0.1) is 11.2 Å². The van der Waals surface area contributed by atoms with E-state index < -0.39 is 5.91 Å². The Kier molecular flexibility index (Phi) is 5.71. The highest BCUT2D eigenvalue weighted by Gasteiger charge is 2.16. The third kappa shape index (κ3) is 3.86. The number of aromatic nitrogens is 2. The van der Waals surface area contributed by atoms with Gasteiger partial charge in [-0.25, -0.2) is 4.98 Å². The first kappa shape index (κ1) is 20.2. The van der Waals surface area contributed by atoms with Gasteiger partial charge in [-0.2, -0.15) is 5.26 Å². The molecule has 3 N–H and O–H groups in total. The van der Waals surface area contributed by atoms with Crippen molar-refractivity contribution in [1.29, 1.82) is 5.26 Å². The van der Waals surface area contributed by atoms with Crippen LogP contribution in [0.4, 0.5) is 17.1 Å². The second-order valence-electron chi connectivity index (χ2n) is 6.25. The molecule has 0 saturated carbocycles. The second-order valence-corrected chi connectivity index (χ2v) is 6.61. The summed E-state index contributed by atoms with van der Waals surface area (Å²) in [4.78, 5) is 28.1.